The molecule has 0 spiro atoms. The van der Waals surface area contributed by atoms with Gasteiger partial charge in [-0.2, -0.15) is 0 Å². The van der Waals surface area contributed by atoms with E-state index in [1.807, 2.05) is 32.9 Å². The largest absolute Gasteiger partial charge is 0.480 e. The predicted molar refractivity (Wildman–Crippen MR) is 106 cm³/mol. The van der Waals surface area contributed by atoms with Crippen molar-refractivity contribution in [2.75, 3.05) is 0 Å². The first-order valence-corrected chi connectivity index (χ1v) is 9.64. The van der Waals surface area contributed by atoms with Gasteiger partial charge in [0, 0.05) is 0 Å². The first-order valence-electron chi connectivity index (χ1n) is 9.64. The Morgan fingerprint density at radius 1 is 1.12 bits per heavy atom. The molecule has 0 unspecified atom stereocenters. The molecular formula is C23H29NO2. The normalized spacial score (nSPS) is 15.2. The van der Waals surface area contributed by atoms with Crippen molar-refractivity contribution in [3.8, 4) is 5.75 Å². The van der Waals surface area contributed by atoms with Gasteiger partial charge in [0.05, 0.1) is 6.04 Å². The van der Waals surface area contributed by atoms with E-state index in [4.69, 9.17) is 4.74 Å². The lowest BCUT2D eigenvalue weighted by Crippen LogP contribution is -2.39. The Bertz CT molecular complexity index is 797. The van der Waals surface area contributed by atoms with Gasteiger partial charge >= 0.3 is 0 Å². The van der Waals surface area contributed by atoms with E-state index in [0.29, 0.717) is 6.42 Å². The summed E-state index contributed by atoms with van der Waals surface area (Å²) in [5.41, 5.74) is 6.31. The predicted octanol–water partition coefficient (Wildman–Crippen LogP) is 4.83. The number of rotatable bonds is 6. The quantitative estimate of drug-likeness (QED) is 0.810. The zero-order chi connectivity index (χ0) is 18.7. The van der Waals surface area contributed by atoms with Gasteiger partial charge < -0.3 is 10.1 Å². The molecule has 0 fully saturated rings. The summed E-state index contributed by atoms with van der Waals surface area (Å²) in [7, 11) is 0. The fourth-order valence-electron chi connectivity index (χ4n) is 3.66. The van der Waals surface area contributed by atoms with Gasteiger partial charge in [-0.25, -0.2) is 0 Å². The summed E-state index contributed by atoms with van der Waals surface area (Å²) in [4.78, 5) is 12.7. The minimum atomic E-state index is -0.478. The standard InChI is InChI=1S/C23H29NO2/c1-5-21(26-22-12-9-15(2)13-16(22)3)23(25)24-17(4)19-11-10-18-7-6-8-20(18)14-19/h9-14,17,21H,5-8H2,1-4H3,(H,24,25)/t17-,21-/m0/s1. The molecule has 1 aliphatic rings. The Balaban J connectivity index is 1.66. The SMILES string of the molecule is CC[C@H](Oc1ccc(C)cc1C)C(=O)N[C@@H](C)c1ccc2c(c1)CCC2. The molecule has 0 aliphatic heterocycles. The van der Waals surface area contributed by atoms with Crippen LogP contribution in [0.3, 0.4) is 0 Å². The van der Waals surface area contributed by atoms with Gasteiger partial charge in [-0.1, -0.05) is 42.8 Å². The van der Waals surface area contributed by atoms with E-state index in [9.17, 15) is 4.79 Å². The van der Waals surface area contributed by atoms with Crippen molar-refractivity contribution in [3.05, 3.63) is 64.2 Å². The first-order chi connectivity index (χ1) is 12.5. The van der Waals surface area contributed by atoms with E-state index in [0.717, 1.165) is 17.7 Å². The third-order valence-electron chi connectivity index (χ3n) is 5.24. The van der Waals surface area contributed by atoms with E-state index in [1.54, 1.807) is 0 Å². The molecule has 0 saturated carbocycles. The van der Waals surface area contributed by atoms with Crippen LogP contribution in [0, 0.1) is 13.8 Å². The molecule has 2 aromatic carbocycles. The van der Waals surface area contributed by atoms with Crippen LogP contribution in [0.25, 0.3) is 0 Å². The van der Waals surface area contributed by atoms with Crippen LogP contribution >= 0.6 is 0 Å². The fourth-order valence-corrected chi connectivity index (χ4v) is 3.66. The number of benzene rings is 2. The molecule has 0 heterocycles. The summed E-state index contributed by atoms with van der Waals surface area (Å²) in [6, 6.07) is 12.6. The van der Waals surface area contributed by atoms with Crippen LogP contribution in [0.1, 0.15) is 60.5 Å². The Morgan fingerprint density at radius 2 is 1.88 bits per heavy atom. The van der Waals surface area contributed by atoms with Crippen molar-refractivity contribution in [2.24, 2.45) is 0 Å². The van der Waals surface area contributed by atoms with Gasteiger partial charge in [0.2, 0.25) is 0 Å². The van der Waals surface area contributed by atoms with Crippen molar-refractivity contribution in [1.82, 2.24) is 5.32 Å². The van der Waals surface area contributed by atoms with Crippen LogP contribution in [0.2, 0.25) is 0 Å². The zero-order valence-corrected chi connectivity index (χ0v) is 16.3. The van der Waals surface area contributed by atoms with Crippen LogP contribution in [-0.4, -0.2) is 12.0 Å². The summed E-state index contributed by atoms with van der Waals surface area (Å²) >= 11 is 0. The van der Waals surface area contributed by atoms with Crippen molar-refractivity contribution >= 4 is 5.91 Å². The minimum Gasteiger partial charge on any atom is -0.480 e. The summed E-state index contributed by atoms with van der Waals surface area (Å²) in [5, 5.41) is 3.13. The third kappa shape index (κ3) is 4.09. The Labute approximate surface area is 156 Å². The number of aryl methyl sites for hydroxylation is 4. The van der Waals surface area contributed by atoms with E-state index in [-0.39, 0.29) is 11.9 Å². The summed E-state index contributed by atoms with van der Waals surface area (Å²) in [5.74, 6) is 0.725. The van der Waals surface area contributed by atoms with Gasteiger partial charge in [-0.15, -0.1) is 0 Å². The van der Waals surface area contributed by atoms with Crippen LogP contribution in [0.5, 0.6) is 5.75 Å². The molecule has 26 heavy (non-hydrogen) atoms. The highest BCUT2D eigenvalue weighted by molar-refractivity contribution is 5.81. The monoisotopic (exact) mass is 351 g/mol. The highest BCUT2D eigenvalue weighted by atomic mass is 16.5. The lowest BCUT2D eigenvalue weighted by molar-refractivity contribution is -0.128. The Morgan fingerprint density at radius 3 is 2.62 bits per heavy atom. The van der Waals surface area contributed by atoms with E-state index >= 15 is 0 Å². The number of carbonyl (C=O) groups is 1. The summed E-state index contributed by atoms with van der Waals surface area (Å²) < 4.78 is 6.01. The second-order valence-electron chi connectivity index (χ2n) is 7.40. The van der Waals surface area contributed by atoms with Crippen LogP contribution < -0.4 is 10.1 Å². The average Bonchev–Trinajstić information content (AvgIpc) is 3.08. The maximum Gasteiger partial charge on any atom is 0.261 e. The Kier molecular flexibility index (Phi) is 5.65. The molecule has 138 valence electrons. The molecule has 0 aromatic heterocycles. The van der Waals surface area contributed by atoms with Crippen LogP contribution in [-0.2, 0) is 17.6 Å². The van der Waals surface area contributed by atoms with Crippen molar-refractivity contribution < 1.29 is 9.53 Å². The maximum atomic E-state index is 12.7. The molecule has 2 atom stereocenters. The second-order valence-corrected chi connectivity index (χ2v) is 7.40. The number of hydrogen-bond acceptors (Lipinski definition) is 2. The number of carbonyl (C=O) groups excluding carboxylic acids is 1. The summed E-state index contributed by atoms with van der Waals surface area (Å²) in [6.45, 7) is 8.09. The number of hydrogen-bond donors (Lipinski definition) is 1. The topological polar surface area (TPSA) is 38.3 Å². The van der Waals surface area contributed by atoms with Gasteiger partial charge in [0.15, 0.2) is 6.10 Å². The molecular weight excluding hydrogens is 322 g/mol. The molecule has 1 amide bonds. The molecule has 1 N–H and O–H groups in total. The van der Waals surface area contributed by atoms with Gasteiger partial charge in [-0.05, 0) is 74.8 Å². The number of fused-ring (bicyclic) bond motifs is 1. The van der Waals surface area contributed by atoms with Crippen molar-refractivity contribution in [3.63, 3.8) is 0 Å². The highest BCUT2D eigenvalue weighted by Crippen LogP contribution is 2.26. The maximum absolute atomic E-state index is 12.7. The minimum absolute atomic E-state index is 0.0230. The van der Waals surface area contributed by atoms with Gasteiger partial charge in [-0.3, -0.25) is 4.79 Å². The number of nitrogens with one attached hydrogen (secondary N) is 1. The zero-order valence-electron chi connectivity index (χ0n) is 16.3. The first kappa shape index (κ1) is 18.5. The molecule has 0 saturated heterocycles. The van der Waals surface area contributed by atoms with E-state index in [2.05, 4.69) is 36.5 Å². The Hall–Kier alpha value is -2.29. The van der Waals surface area contributed by atoms with Crippen LogP contribution in [0.4, 0.5) is 0 Å². The molecule has 2 aromatic rings. The molecule has 3 nitrogen and oxygen atoms in total. The van der Waals surface area contributed by atoms with Crippen molar-refractivity contribution in [1.29, 1.82) is 0 Å². The summed E-state index contributed by atoms with van der Waals surface area (Å²) in [6.07, 6.45) is 3.72. The van der Waals surface area contributed by atoms with Gasteiger partial charge in [0.25, 0.3) is 5.91 Å². The fraction of sp³-hybridized carbons (Fsp3) is 0.435. The number of amides is 1. The molecule has 1 aliphatic carbocycles. The number of ether oxygens (including phenoxy) is 1. The lowest BCUT2D eigenvalue weighted by atomic mass is 10.0. The van der Waals surface area contributed by atoms with E-state index in [1.165, 1.54) is 35.1 Å². The molecule has 3 heteroatoms. The lowest BCUT2D eigenvalue weighted by Gasteiger charge is -2.22. The molecule has 0 bridgehead atoms. The smallest absolute Gasteiger partial charge is 0.261 e. The van der Waals surface area contributed by atoms with Crippen molar-refractivity contribution in [2.45, 2.75) is 65.5 Å². The molecule has 3 rings (SSSR count). The second kappa shape index (κ2) is 7.94. The van der Waals surface area contributed by atoms with Gasteiger partial charge in [0.1, 0.15) is 5.75 Å². The average molecular weight is 351 g/mol. The third-order valence-corrected chi connectivity index (χ3v) is 5.24. The molecule has 0 radical (unpaired) electrons. The van der Waals surface area contributed by atoms with E-state index < -0.39 is 6.10 Å². The highest BCUT2D eigenvalue weighted by Gasteiger charge is 2.22. The van der Waals surface area contributed by atoms with Crippen LogP contribution in [0.15, 0.2) is 36.4 Å².